The van der Waals surface area contributed by atoms with Crippen LogP contribution in [0.25, 0.3) is 11.1 Å². The zero-order valence-corrected chi connectivity index (χ0v) is 30.1. The number of benzene rings is 4. The van der Waals surface area contributed by atoms with E-state index in [4.69, 9.17) is 4.74 Å². The quantitative estimate of drug-likeness (QED) is 0.139. The van der Waals surface area contributed by atoms with Crippen LogP contribution in [0.2, 0.25) is 0 Å². The largest absolute Gasteiger partial charge is 0.444 e. The molecule has 1 aliphatic carbocycles. The Morgan fingerprint density at radius 3 is 1.78 bits per heavy atom. The number of hydrogen-bond donors (Lipinski definition) is 0. The van der Waals surface area contributed by atoms with Gasteiger partial charge >= 0.3 is 6.09 Å². The van der Waals surface area contributed by atoms with Gasteiger partial charge in [-0.2, -0.15) is 0 Å². The van der Waals surface area contributed by atoms with Gasteiger partial charge in [0.1, 0.15) is 5.60 Å². The topological polar surface area (TPSA) is 62.7 Å². The molecule has 6 rings (SSSR count). The summed E-state index contributed by atoms with van der Waals surface area (Å²) in [4.78, 5) is 35.2. The summed E-state index contributed by atoms with van der Waals surface area (Å²) in [5.74, 6) is -0.0153. The van der Waals surface area contributed by atoms with E-state index in [9.17, 15) is 9.59 Å². The first-order valence-electron chi connectivity index (χ1n) is 18.2. The van der Waals surface area contributed by atoms with Crippen molar-refractivity contribution in [2.45, 2.75) is 90.6 Å². The molecule has 0 radical (unpaired) electrons. The van der Waals surface area contributed by atoms with Crippen LogP contribution in [-0.2, 0) is 30.8 Å². The van der Waals surface area contributed by atoms with Crippen LogP contribution >= 0.6 is 0 Å². The number of pyridine rings is 1. The Labute approximate surface area is 303 Å². The average molecular weight is 680 g/mol. The fourth-order valence-electron chi connectivity index (χ4n) is 6.77. The molecule has 262 valence electrons. The minimum Gasteiger partial charge on any atom is -0.444 e. The third-order valence-corrected chi connectivity index (χ3v) is 9.45. The minimum atomic E-state index is -0.530. The smallest absolute Gasteiger partial charge is 0.410 e. The van der Waals surface area contributed by atoms with Gasteiger partial charge in [0.05, 0.1) is 0 Å². The maximum Gasteiger partial charge on any atom is 0.410 e. The van der Waals surface area contributed by atoms with Crippen LogP contribution in [0.15, 0.2) is 128 Å². The summed E-state index contributed by atoms with van der Waals surface area (Å²) < 4.78 is 5.81. The number of ether oxygens (including phenoxy) is 1. The van der Waals surface area contributed by atoms with Gasteiger partial charge in [-0.1, -0.05) is 116 Å². The number of aromatic nitrogens is 1. The predicted molar refractivity (Wildman–Crippen MR) is 204 cm³/mol. The van der Waals surface area contributed by atoms with Gasteiger partial charge in [-0.25, -0.2) is 4.79 Å². The molecule has 1 saturated carbocycles. The van der Waals surface area contributed by atoms with Crippen LogP contribution < -0.4 is 0 Å². The molecule has 6 nitrogen and oxygen atoms in total. The lowest BCUT2D eigenvalue weighted by molar-refractivity contribution is 0.00987. The molecular formula is C45H49N3O3. The third kappa shape index (κ3) is 10.2. The van der Waals surface area contributed by atoms with Crippen LogP contribution in [0.5, 0.6) is 0 Å². The van der Waals surface area contributed by atoms with Gasteiger partial charge in [-0.3, -0.25) is 9.78 Å². The summed E-state index contributed by atoms with van der Waals surface area (Å²) in [7, 11) is 0. The highest BCUT2D eigenvalue weighted by Gasteiger charge is 2.29. The number of carbonyl (C=O) groups excluding carboxylic acids is 2. The van der Waals surface area contributed by atoms with Gasteiger partial charge in [0.2, 0.25) is 0 Å². The maximum absolute atomic E-state index is 13.9. The molecule has 1 fully saturated rings. The Hall–Kier alpha value is -5.23. The molecule has 4 aromatic carbocycles. The van der Waals surface area contributed by atoms with Crippen LogP contribution in [-0.4, -0.2) is 38.4 Å². The molecule has 5 aromatic rings. The fraction of sp³-hybridized carbons (Fsp3) is 0.311. The van der Waals surface area contributed by atoms with Gasteiger partial charge in [-0.05, 0) is 97.2 Å². The monoisotopic (exact) mass is 679 g/mol. The highest BCUT2D eigenvalue weighted by molar-refractivity contribution is 5.94. The summed E-state index contributed by atoms with van der Waals surface area (Å²) in [6.07, 6.45) is 9.74. The first kappa shape index (κ1) is 35.6. The molecule has 0 spiro atoms. The number of nitrogens with zero attached hydrogens (tertiary/aromatic N) is 3. The highest BCUT2D eigenvalue weighted by atomic mass is 16.6. The molecule has 51 heavy (non-hydrogen) atoms. The second-order valence-corrected chi connectivity index (χ2v) is 14.7. The van der Waals surface area contributed by atoms with E-state index in [0.717, 1.165) is 59.9 Å². The number of carbonyl (C=O) groups is 2. The van der Waals surface area contributed by atoms with Crippen molar-refractivity contribution in [2.75, 3.05) is 0 Å². The van der Waals surface area contributed by atoms with Gasteiger partial charge in [-0.15, -0.1) is 0 Å². The molecule has 1 aromatic heterocycles. The van der Waals surface area contributed by atoms with Crippen LogP contribution in [0.1, 0.15) is 91.1 Å². The van der Waals surface area contributed by atoms with E-state index in [2.05, 4.69) is 65.6 Å². The number of rotatable bonds is 11. The van der Waals surface area contributed by atoms with Gasteiger partial charge in [0.25, 0.3) is 5.91 Å². The van der Waals surface area contributed by atoms with Crippen molar-refractivity contribution in [2.24, 2.45) is 0 Å². The Morgan fingerprint density at radius 2 is 1.20 bits per heavy atom. The van der Waals surface area contributed by atoms with Crippen LogP contribution in [0.4, 0.5) is 4.79 Å². The summed E-state index contributed by atoms with van der Waals surface area (Å²) in [6, 6.07) is 39.4. The number of amides is 2. The van der Waals surface area contributed by atoms with Crippen molar-refractivity contribution in [1.82, 2.24) is 14.8 Å². The van der Waals surface area contributed by atoms with Crippen molar-refractivity contribution >= 4 is 12.0 Å². The lowest BCUT2D eigenvalue weighted by Crippen LogP contribution is -2.43. The molecule has 0 aliphatic heterocycles. The zero-order chi connectivity index (χ0) is 35.6. The first-order valence-corrected chi connectivity index (χ1v) is 18.2. The van der Waals surface area contributed by atoms with Crippen molar-refractivity contribution in [3.05, 3.63) is 161 Å². The molecule has 6 heteroatoms. The summed E-state index contributed by atoms with van der Waals surface area (Å²) in [6.45, 7) is 7.24. The second-order valence-electron chi connectivity index (χ2n) is 14.7. The van der Waals surface area contributed by atoms with E-state index in [1.54, 1.807) is 6.20 Å². The maximum atomic E-state index is 13.9. The van der Waals surface area contributed by atoms with Crippen LogP contribution in [0.3, 0.4) is 0 Å². The minimum absolute atomic E-state index is 0.0153. The molecule has 0 N–H and O–H groups in total. The molecular weight excluding hydrogens is 631 g/mol. The Kier molecular flexibility index (Phi) is 11.6. The summed E-state index contributed by atoms with van der Waals surface area (Å²) >= 11 is 0. The molecule has 0 saturated heterocycles. The normalized spacial score (nSPS) is 13.4. The van der Waals surface area contributed by atoms with Crippen molar-refractivity contribution in [1.29, 1.82) is 0 Å². The fourth-order valence-corrected chi connectivity index (χ4v) is 6.77. The standard InChI is InChI=1S/C45H49N3O3/c1-45(2,3)51-44(50)48(42-14-8-5-9-15-42)33-37-20-24-40(25-21-37)39-22-18-36(19-23-39)31-47(32-38-13-10-28-46-30-38)43(49)41-26-16-35(17-27-41)29-34-11-6-4-7-12-34/h4,6-7,10-13,16-28,30,42H,5,8-9,14-15,29,31-33H2,1-3H3. The van der Waals surface area contributed by atoms with E-state index < -0.39 is 5.60 Å². The second kappa shape index (κ2) is 16.7. The molecule has 0 unspecified atom stereocenters. The molecule has 1 heterocycles. The van der Waals surface area contributed by atoms with Gasteiger partial charge in [0, 0.05) is 43.6 Å². The molecule has 0 bridgehead atoms. The Bertz CT molecular complexity index is 1840. The average Bonchev–Trinajstić information content (AvgIpc) is 3.15. The molecule has 2 amide bonds. The van der Waals surface area contributed by atoms with Crippen LogP contribution in [0, 0.1) is 0 Å². The van der Waals surface area contributed by atoms with E-state index in [-0.39, 0.29) is 18.0 Å². The summed E-state index contributed by atoms with van der Waals surface area (Å²) in [5, 5.41) is 0. The zero-order valence-electron chi connectivity index (χ0n) is 30.1. The highest BCUT2D eigenvalue weighted by Crippen LogP contribution is 2.28. The van der Waals surface area contributed by atoms with E-state index in [1.165, 1.54) is 17.5 Å². The predicted octanol–water partition coefficient (Wildman–Crippen LogP) is 10.3. The van der Waals surface area contributed by atoms with E-state index in [1.807, 2.05) is 91.4 Å². The number of hydrogen-bond acceptors (Lipinski definition) is 4. The molecule has 0 atom stereocenters. The lowest BCUT2D eigenvalue weighted by Gasteiger charge is -2.35. The van der Waals surface area contributed by atoms with Crippen molar-refractivity contribution in [3.8, 4) is 11.1 Å². The Morgan fingerprint density at radius 1 is 0.647 bits per heavy atom. The lowest BCUT2D eigenvalue weighted by atomic mass is 9.94. The first-order chi connectivity index (χ1) is 24.7. The van der Waals surface area contributed by atoms with E-state index >= 15 is 0 Å². The SMILES string of the molecule is CC(C)(C)OC(=O)N(Cc1ccc(-c2ccc(CN(Cc3cccnc3)C(=O)c3ccc(Cc4ccccc4)cc3)cc2)cc1)C1CCCCC1. The molecule has 1 aliphatic rings. The Balaban J connectivity index is 1.14. The van der Waals surface area contributed by atoms with Gasteiger partial charge < -0.3 is 14.5 Å². The van der Waals surface area contributed by atoms with Crippen molar-refractivity contribution < 1.29 is 14.3 Å². The third-order valence-electron chi connectivity index (χ3n) is 9.45. The summed E-state index contributed by atoms with van der Waals surface area (Å²) in [5.41, 5.74) is 7.87. The van der Waals surface area contributed by atoms with Gasteiger partial charge in [0.15, 0.2) is 0 Å². The van der Waals surface area contributed by atoms with E-state index in [0.29, 0.717) is 25.2 Å². The van der Waals surface area contributed by atoms with Crippen molar-refractivity contribution in [3.63, 3.8) is 0 Å².